The molecule has 8 heteroatoms. The Labute approximate surface area is 91.8 Å². The molecule has 15 heavy (non-hydrogen) atoms. The van der Waals surface area contributed by atoms with E-state index in [9.17, 15) is 13.2 Å². The number of amides is 1. The summed E-state index contributed by atoms with van der Waals surface area (Å²) in [5.74, 6) is -0.496. The van der Waals surface area contributed by atoms with Gasteiger partial charge in [-0.1, -0.05) is 11.6 Å². The standard InChI is InChI=1S/C6H5ClN2O.CH4O3S/c7-5-2-1-4(3-9-5)6(8)10;1-5(2,3)4/h1-3H,(H2,8,10);1H3,(H,2,3,4). The van der Waals surface area contributed by atoms with Crippen molar-refractivity contribution in [3.05, 3.63) is 29.0 Å². The Balaban J connectivity index is 0.000000336. The maximum Gasteiger partial charge on any atom is 0.261 e. The molecule has 1 rings (SSSR count). The summed E-state index contributed by atoms with van der Waals surface area (Å²) in [4.78, 5) is 14.1. The van der Waals surface area contributed by atoms with E-state index in [-0.39, 0.29) is 0 Å². The van der Waals surface area contributed by atoms with Gasteiger partial charge in [-0.25, -0.2) is 4.98 Å². The van der Waals surface area contributed by atoms with Crippen LogP contribution in [0.1, 0.15) is 10.4 Å². The van der Waals surface area contributed by atoms with Crippen LogP contribution in [-0.2, 0) is 10.1 Å². The predicted octanol–water partition coefficient (Wildman–Crippen LogP) is 0.338. The van der Waals surface area contributed by atoms with E-state index in [0.717, 1.165) is 0 Å². The van der Waals surface area contributed by atoms with Gasteiger partial charge in [-0.2, -0.15) is 8.42 Å². The summed E-state index contributed by atoms with van der Waals surface area (Å²) < 4.78 is 25.9. The molecule has 0 saturated carbocycles. The van der Waals surface area contributed by atoms with Gasteiger partial charge in [0.2, 0.25) is 5.91 Å². The number of nitrogens with two attached hydrogens (primary N) is 1. The molecule has 0 bridgehead atoms. The molecule has 1 amide bonds. The number of carbonyl (C=O) groups excluding carboxylic acids is 1. The second-order valence-corrected chi connectivity index (χ2v) is 4.32. The maximum atomic E-state index is 10.5. The summed E-state index contributed by atoms with van der Waals surface area (Å²) in [5, 5.41) is 0.352. The first-order valence-corrected chi connectivity index (χ1v) is 5.76. The molecular weight excluding hydrogens is 244 g/mol. The van der Waals surface area contributed by atoms with Crippen LogP contribution < -0.4 is 5.73 Å². The van der Waals surface area contributed by atoms with Crippen LogP contribution in [0.2, 0.25) is 5.15 Å². The number of nitrogens with zero attached hydrogens (tertiary/aromatic N) is 1. The molecule has 0 aliphatic carbocycles. The minimum absolute atomic E-state index is 0.352. The lowest BCUT2D eigenvalue weighted by atomic mass is 10.3. The second-order valence-electron chi connectivity index (χ2n) is 2.47. The average Bonchev–Trinajstić information content (AvgIpc) is 2.01. The molecule has 1 heterocycles. The fraction of sp³-hybridized carbons (Fsp3) is 0.143. The van der Waals surface area contributed by atoms with Crippen molar-refractivity contribution in [2.24, 2.45) is 5.73 Å². The summed E-state index contributed by atoms with van der Waals surface area (Å²) in [6.07, 6.45) is 2.05. The molecule has 0 radical (unpaired) electrons. The quantitative estimate of drug-likeness (QED) is 0.553. The summed E-state index contributed by atoms with van der Waals surface area (Å²) >= 11 is 5.45. The second kappa shape index (κ2) is 5.64. The van der Waals surface area contributed by atoms with E-state index in [4.69, 9.17) is 21.9 Å². The van der Waals surface area contributed by atoms with Crippen LogP contribution in [-0.4, -0.2) is 30.1 Å². The smallest absolute Gasteiger partial charge is 0.261 e. The van der Waals surface area contributed by atoms with Crippen molar-refractivity contribution in [3.8, 4) is 0 Å². The van der Waals surface area contributed by atoms with Gasteiger partial charge >= 0.3 is 0 Å². The third-order valence-electron chi connectivity index (χ3n) is 1.01. The molecule has 0 atom stereocenters. The Morgan fingerprint density at radius 3 is 2.27 bits per heavy atom. The number of pyridine rings is 1. The zero-order valence-electron chi connectivity index (χ0n) is 7.71. The van der Waals surface area contributed by atoms with Crippen LogP contribution in [0.15, 0.2) is 18.3 Å². The Morgan fingerprint density at radius 2 is 2.00 bits per heavy atom. The third-order valence-corrected chi connectivity index (χ3v) is 1.24. The van der Waals surface area contributed by atoms with Crippen LogP contribution in [0.3, 0.4) is 0 Å². The van der Waals surface area contributed by atoms with Crippen LogP contribution in [0, 0.1) is 0 Å². The lowest BCUT2D eigenvalue weighted by molar-refractivity contribution is 0.1000. The zero-order valence-corrected chi connectivity index (χ0v) is 9.29. The van der Waals surface area contributed by atoms with E-state index in [1.54, 1.807) is 0 Å². The molecule has 1 aromatic rings. The van der Waals surface area contributed by atoms with Gasteiger partial charge in [-0.15, -0.1) is 0 Å². The molecule has 0 aliphatic heterocycles. The minimum atomic E-state index is -3.67. The Morgan fingerprint density at radius 1 is 1.53 bits per heavy atom. The molecule has 0 spiro atoms. The number of hydrogen-bond acceptors (Lipinski definition) is 4. The monoisotopic (exact) mass is 252 g/mol. The maximum absolute atomic E-state index is 10.5. The fourth-order valence-electron chi connectivity index (χ4n) is 0.522. The van der Waals surface area contributed by atoms with Crippen molar-refractivity contribution < 1.29 is 17.8 Å². The van der Waals surface area contributed by atoms with Crippen molar-refractivity contribution in [1.82, 2.24) is 4.98 Å². The Hall–Kier alpha value is -1.18. The van der Waals surface area contributed by atoms with Crippen molar-refractivity contribution in [2.75, 3.05) is 6.26 Å². The van der Waals surface area contributed by atoms with E-state index in [1.165, 1.54) is 18.3 Å². The number of aromatic nitrogens is 1. The summed E-state index contributed by atoms with van der Waals surface area (Å²) in [7, 11) is -3.67. The molecular formula is C7H9ClN2O4S. The van der Waals surface area contributed by atoms with Crippen LogP contribution in [0.4, 0.5) is 0 Å². The van der Waals surface area contributed by atoms with E-state index < -0.39 is 16.0 Å². The van der Waals surface area contributed by atoms with E-state index in [1.807, 2.05) is 0 Å². The largest absolute Gasteiger partial charge is 0.366 e. The zero-order chi connectivity index (χ0) is 12.1. The lowest BCUT2D eigenvalue weighted by Gasteiger charge is -1.91. The fourth-order valence-corrected chi connectivity index (χ4v) is 0.633. The van der Waals surface area contributed by atoms with Gasteiger partial charge < -0.3 is 5.73 Å². The molecule has 0 saturated heterocycles. The molecule has 1 aromatic heterocycles. The summed E-state index contributed by atoms with van der Waals surface area (Å²) in [6.45, 7) is 0. The van der Waals surface area contributed by atoms with Gasteiger partial charge in [0.05, 0.1) is 11.8 Å². The molecule has 0 aliphatic rings. The van der Waals surface area contributed by atoms with Gasteiger partial charge in [0.1, 0.15) is 5.15 Å². The van der Waals surface area contributed by atoms with Crippen LogP contribution >= 0.6 is 11.6 Å². The van der Waals surface area contributed by atoms with Crippen molar-refractivity contribution >= 4 is 27.6 Å². The van der Waals surface area contributed by atoms with E-state index in [2.05, 4.69) is 4.98 Å². The number of halogens is 1. The number of rotatable bonds is 1. The highest BCUT2D eigenvalue weighted by Crippen LogP contribution is 2.03. The van der Waals surface area contributed by atoms with Gasteiger partial charge in [0, 0.05) is 6.20 Å². The predicted molar refractivity (Wildman–Crippen MR) is 55.2 cm³/mol. The van der Waals surface area contributed by atoms with E-state index in [0.29, 0.717) is 17.0 Å². The normalized spacial score (nSPS) is 10.1. The topological polar surface area (TPSA) is 110 Å². The van der Waals surface area contributed by atoms with Gasteiger partial charge in [0.15, 0.2) is 0 Å². The first-order valence-electron chi connectivity index (χ1n) is 3.54. The highest BCUT2D eigenvalue weighted by atomic mass is 35.5. The van der Waals surface area contributed by atoms with Gasteiger partial charge in [-0.3, -0.25) is 9.35 Å². The number of hydrogen-bond donors (Lipinski definition) is 2. The SMILES string of the molecule is CS(=O)(=O)O.NC(=O)c1ccc(Cl)nc1. The van der Waals surface area contributed by atoms with Gasteiger partial charge in [0.25, 0.3) is 10.1 Å². The first-order chi connectivity index (χ1) is 6.70. The number of carbonyl (C=O) groups is 1. The molecule has 0 unspecified atom stereocenters. The Bertz CT molecular complexity index is 421. The molecule has 84 valence electrons. The Kier molecular flexibility index (Phi) is 5.20. The summed E-state index contributed by atoms with van der Waals surface area (Å²) in [5.41, 5.74) is 5.31. The van der Waals surface area contributed by atoms with Crippen molar-refractivity contribution in [3.63, 3.8) is 0 Å². The minimum Gasteiger partial charge on any atom is -0.366 e. The highest BCUT2D eigenvalue weighted by Gasteiger charge is 1.97. The third kappa shape index (κ3) is 9.13. The van der Waals surface area contributed by atoms with Crippen molar-refractivity contribution in [2.45, 2.75) is 0 Å². The highest BCUT2D eigenvalue weighted by molar-refractivity contribution is 7.85. The molecule has 0 aromatic carbocycles. The van der Waals surface area contributed by atoms with E-state index >= 15 is 0 Å². The van der Waals surface area contributed by atoms with Crippen LogP contribution in [0.5, 0.6) is 0 Å². The first kappa shape index (κ1) is 13.8. The van der Waals surface area contributed by atoms with Crippen LogP contribution in [0.25, 0.3) is 0 Å². The summed E-state index contributed by atoms with van der Waals surface area (Å²) in [6, 6.07) is 3.04. The molecule has 6 nitrogen and oxygen atoms in total. The average molecular weight is 253 g/mol. The van der Waals surface area contributed by atoms with Gasteiger partial charge in [-0.05, 0) is 12.1 Å². The molecule has 3 N–H and O–H groups in total. The lowest BCUT2D eigenvalue weighted by Crippen LogP contribution is -2.10. The number of primary amides is 1. The van der Waals surface area contributed by atoms with Crippen molar-refractivity contribution in [1.29, 1.82) is 0 Å². The molecule has 0 fully saturated rings.